The number of carbonyl (C=O) groups is 2. The first-order chi connectivity index (χ1) is 18.3. The summed E-state index contributed by atoms with van der Waals surface area (Å²) in [6.07, 6.45) is 3.77. The molecular weight excluding hydrogens is 480 g/mol. The van der Waals surface area contributed by atoms with E-state index >= 15 is 0 Å². The Morgan fingerprint density at radius 1 is 1.11 bits per heavy atom. The van der Waals surface area contributed by atoms with E-state index in [2.05, 4.69) is 41.6 Å². The Bertz CT molecular complexity index is 1250. The summed E-state index contributed by atoms with van der Waals surface area (Å²) in [4.78, 5) is 29.8. The second-order valence-corrected chi connectivity index (χ2v) is 10.6. The van der Waals surface area contributed by atoms with E-state index in [1.165, 1.54) is 5.56 Å². The number of hydrogen-bond acceptors (Lipinski definition) is 6. The number of hydroxylamine groups is 1. The van der Waals surface area contributed by atoms with Crippen molar-refractivity contribution in [2.45, 2.75) is 76.9 Å². The Kier molecular flexibility index (Phi) is 8.97. The van der Waals surface area contributed by atoms with Gasteiger partial charge in [0.25, 0.3) is 5.91 Å². The fourth-order valence-electron chi connectivity index (χ4n) is 5.40. The van der Waals surface area contributed by atoms with Gasteiger partial charge in [-0.15, -0.1) is 0 Å². The van der Waals surface area contributed by atoms with Crippen LogP contribution in [0.5, 0.6) is 5.75 Å². The van der Waals surface area contributed by atoms with Crippen LogP contribution in [-0.4, -0.2) is 46.2 Å². The molecule has 1 heterocycles. The zero-order chi connectivity index (χ0) is 27.1. The SMILES string of the molecule is Cc1cc(CCOc2ccc(C(=O)NC3(CC(=O)NO)CCC(NC(C)C)CC3)cc2)c2ccccc2n1. The van der Waals surface area contributed by atoms with Crippen molar-refractivity contribution < 1.29 is 19.5 Å². The molecule has 0 atom stereocenters. The Morgan fingerprint density at radius 2 is 1.82 bits per heavy atom. The first-order valence-electron chi connectivity index (χ1n) is 13.4. The van der Waals surface area contributed by atoms with Gasteiger partial charge < -0.3 is 15.4 Å². The number of nitrogens with zero attached hydrogens (tertiary/aromatic N) is 1. The van der Waals surface area contributed by atoms with Crippen LogP contribution >= 0.6 is 0 Å². The summed E-state index contributed by atoms with van der Waals surface area (Å²) < 4.78 is 5.97. The monoisotopic (exact) mass is 518 g/mol. The lowest BCUT2D eigenvalue weighted by molar-refractivity contribution is -0.131. The van der Waals surface area contributed by atoms with Crippen molar-refractivity contribution in [3.63, 3.8) is 0 Å². The zero-order valence-electron chi connectivity index (χ0n) is 22.4. The van der Waals surface area contributed by atoms with Gasteiger partial charge in [-0.3, -0.25) is 19.8 Å². The van der Waals surface area contributed by atoms with E-state index in [4.69, 9.17) is 9.94 Å². The maximum atomic E-state index is 13.1. The molecule has 1 aliphatic carbocycles. The average molecular weight is 519 g/mol. The molecule has 0 spiro atoms. The van der Waals surface area contributed by atoms with Gasteiger partial charge in [0.05, 0.1) is 18.5 Å². The number of fused-ring (bicyclic) bond motifs is 1. The number of benzene rings is 2. The standard InChI is InChI=1S/C30H38N4O4/c1-20(2)31-24-12-15-30(16-13-24,19-28(35)34-37)33-29(36)22-8-10-25(11-9-22)38-17-14-23-18-21(3)32-27-7-5-4-6-26(23)27/h4-11,18,20,24,31,37H,12-17,19H2,1-3H3,(H,33,36)(H,34,35). The van der Waals surface area contributed by atoms with Gasteiger partial charge >= 0.3 is 0 Å². The van der Waals surface area contributed by atoms with E-state index in [1.807, 2.05) is 25.1 Å². The number of aryl methyl sites for hydroxylation is 1. The van der Waals surface area contributed by atoms with Crippen molar-refractivity contribution in [2.24, 2.45) is 0 Å². The molecular formula is C30H38N4O4. The molecule has 0 saturated heterocycles. The number of ether oxygens (including phenoxy) is 1. The smallest absolute Gasteiger partial charge is 0.251 e. The predicted molar refractivity (Wildman–Crippen MR) is 147 cm³/mol. The topological polar surface area (TPSA) is 113 Å². The molecule has 8 nitrogen and oxygen atoms in total. The highest BCUT2D eigenvalue weighted by Gasteiger charge is 2.38. The number of pyridine rings is 1. The van der Waals surface area contributed by atoms with E-state index in [0.29, 0.717) is 42.8 Å². The summed E-state index contributed by atoms with van der Waals surface area (Å²) in [5, 5.41) is 16.9. The van der Waals surface area contributed by atoms with E-state index in [-0.39, 0.29) is 12.3 Å². The summed E-state index contributed by atoms with van der Waals surface area (Å²) >= 11 is 0. The van der Waals surface area contributed by atoms with Crippen LogP contribution in [0.2, 0.25) is 0 Å². The Morgan fingerprint density at radius 3 is 2.50 bits per heavy atom. The van der Waals surface area contributed by atoms with Crippen molar-refractivity contribution in [3.05, 3.63) is 71.4 Å². The van der Waals surface area contributed by atoms with Crippen molar-refractivity contribution in [1.29, 1.82) is 0 Å². The van der Waals surface area contributed by atoms with E-state index < -0.39 is 11.4 Å². The molecule has 202 valence electrons. The van der Waals surface area contributed by atoms with Gasteiger partial charge in [0, 0.05) is 40.7 Å². The van der Waals surface area contributed by atoms with Gasteiger partial charge in [0.2, 0.25) is 5.91 Å². The van der Waals surface area contributed by atoms with E-state index in [1.54, 1.807) is 29.7 Å². The molecule has 3 aromatic rings. The minimum Gasteiger partial charge on any atom is -0.493 e. The third kappa shape index (κ3) is 7.08. The number of carbonyl (C=O) groups excluding carboxylic acids is 2. The summed E-state index contributed by atoms with van der Waals surface area (Å²) in [7, 11) is 0. The number of hydrogen-bond donors (Lipinski definition) is 4. The van der Waals surface area contributed by atoms with Crippen molar-refractivity contribution in [2.75, 3.05) is 6.61 Å². The molecule has 38 heavy (non-hydrogen) atoms. The summed E-state index contributed by atoms with van der Waals surface area (Å²) in [6.45, 7) is 6.72. The normalized spacial score (nSPS) is 19.3. The molecule has 4 rings (SSSR count). The quantitative estimate of drug-likeness (QED) is 0.233. The lowest BCUT2D eigenvalue weighted by Gasteiger charge is -2.41. The Balaban J connectivity index is 1.36. The van der Waals surface area contributed by atoms with E-state index in [0.717, 1.165) is 35.9 Å². The van der Waals surface area contributed by atoms with Crippen LogP contribution in [0.3, 0.4) is 0 Å². The number of amides is 2. The maximum Gasteiger partial charge on any atom is 0.251 e. The van der Waals surface area contributed by atoms with Crippen LogP contribution in [0.4, 0.5) is 0 Å². The lowest BCUT2D eigenvalue weighted by atomic mass is 9.76. The van der Waals surface area contributed by atoms with Gasteiger partial charge in [0.1, 0.15) is 5.75 Å². The van der Waals surface area contributed by atoms with Crippen molar-refractivity contribution in [1.82, 2.24) is 21.1 Å². The molecule has 4 N–H and O–H groups in total. The van der Waals surface area contributed by atoms with Crippen LogP contribution in [0.1, 0.15) is 67.6 Å². The van der Waals surface area contributed by atoms with Crippen LogP contribution in [0.25, 0.3) is 10.9 Å². The third-order valence-electron chi connectivity index (χ3n) is 7.20. The van der Waals surface area contributed by atoms with Gasteiger partial charge in [-0.1, -0.05) is 32.0 Å². The highest BCUT2D eigenvalue weighted by atomic mass is 16.5. The highest BCUT2D eigenvalue weighted by Crippen LogP contribution is 2.32. The molecule has 1 fully saturated rings. The molecule has 0 unspecified atom stereocenters. The second-order valence-electron chi connectivity index (χ2n) is 10.6. The minimum atomic E-state index is -0.695. The van der Waals surface area contributed by atoms with Gasteiger partial charge in [-0.2, -0.15) is 0 Å². The summed E-state index contributed by atoms with van der Waals surface area (Å²) in [5.41, 5.74) is 4.68. The van der Waals surface area contributed by atoms with Gasteiger partial charge in [-0.05, 0) is 74.6 Å². The number of rotatable bonds is 10. The van der Waals surface area contributed by atoms with E-state index in [9.17, 15) is 9.59 Å². The molecule has 0 aliphatic heterocycles. The molecule has 2 amide bonds. The molecule has 1 aliphatic rings. The molecule has 2 aromatic carbocycles. The Hall–Kier alpha value is -3.49. The van der Waals surface area contributed by atoms with Crippen LogP contribution in [0, 0.1) is 6.92 Å². The van der Waals surface area contributed by atoms with Crippen molar-refractivity contribution >= 4 is 22.7 Å². The molecule has 8 heteroatoms. The first kappa shape index (κ1) is 27.5. The zero-order valence-corrected chi connectivity index (χ0v) is 22.4. The fraction of sp³-hybridized carbons (Fsp3) is 0.433. The second kappa shape index (κ2) is 12.4. The summed E-state index contributed by atoms with van der Waals surface area (Å²) in [5.74, 6) is -0.0518. The largest absolute Gasteiger partial charge is 0.493 e. The van der Waals surface area contributed by atoms with Crippen molar-refractivity contribution in [3.8, 4) is 5.75 Å². The van der Waals surface area contributed by atoms with Crippen LogP contribution in [0.15, 0.2) is 54.6 Å². The fourth-order valence-corrected chi connectivity index (χ4v) is 5.40. The number of nitrogens with one attached hydrogen (secondary N) is 3. The van der Waals surface area contributed by atoms with Gasteiger partial charge in [0.15, 0.2) is 0 Å². The molecule has 1 aromatic heterocycles. The summed E-state index contributed by atoms with van der Waals surface area (Å²) in [6, 6.07) is 18.0. The maximum absolute atomic E-state index is 13.1. The lowest BCUT2D eigenvalue weighted by Crippen LogP contribution is -2.55. The molecule has 0 radical (unpaired) electrons. The number of para-hydroxylation sites is 1. The minimum absolute atomic E-state index is 0.0357. The van der Waals surface area contributed by atoms with Crippen LogP contribution < -0.4 is 20.9 Å². The number of aromatic nitrogens is 1. The Labute approximate surface area is 224 Å². The first-order valence-corrected chi connectivity index (χ1v) is 13.4. The molecule has 1 saturated carbocycles. The van der Waals surface area contributed by atoms with Crippen LogP contribution in [-0.2, 0) is 11.2 Å². The predicted octanol–water partition coefficient (Wildman–Crippen LogP) is 4.47. The third-order valence-corrected chi connectivity index (χ3v) is 7.20. The molecule has 0 bridgehead atoms. The average Bonchev–Trinajstić information content (AvgIpc) is 2.90. The highest BCUT2D eigenvalue weighted by molar-refractivity contribution is 5.95. The van der Waals surface area contributed by atoms with Gasteiger partial charge in [-0.25, -0.2) is 5.48 Å².